The van der Waals surface area contributed by atoms with E-state index >= 15 is 0 Å². The standard InChI is InChI=1S/C17H32N2O2.ClH/c1-5-11-18-12-7-6-8-15-9-13-19(14-10-15)16(20)21-17(2,3)4;/h5,15,18H,1,6-14H2,2-4H3;1H. The molecule has 0 aliphatic carbocycles. The first-order valence-electron chi connectivity index (χ1n) is 8.22. The number of hydrogen-bond acceptors (Lipinski definition) is 3. The monoisotopic (exact) mass is 332 g/mol. The third kappa shape index (κ3) is 9.31. The zero-order chi connectivity index (χ0) is 15.7. The summed E-state index contributed by atoms with van der Waals surface area (Å²) >= 11 is 0. The van der Waals surface area contributed by atoms with E-state index in [9.17, 15) is 4.79 Å². The normalized spacial score (nSPS) is 16.0. The Bertz CT molecular complexity index is 321. The molecule has 0 aromatic carbocycles. The predicted molar refractivity (Wildman–Crippen MR) is 94.7 cm³/mol. The van der Waals surface area contributed by atoms with E-state index in [0.29, 0.717) is 0 Å². The van der Waals surface area contributed by atoms with Crippen molar-refractivity contribution in [3.8, 4) is 0 Å². The maximum atomic E-state index is 12.0. The fraction of sp³-hybridized carbons (Fsp3) is 0.824. The largest absolute Gasteiger partial charge is 0.444 e. The molecule has 0 saturated carbocycles. The second-order valence-electron chi connectivity index (χ2n) is 6.90. The van der Waals surface area contributed by atoms with Crippen LogP contribution in [-0.4, -0.2) is 42.8 Å². The average Bonchev–Trinajstić information content (AvgIpc) is 2.41. The summed E-state index contributed by atoms with van der Waals surface area (Å²) in [4.78, 5) is 13.8. The molecule has 0 aromatic rings. The zero-order valence-corrected chi connectivity index (χ0v) is 15.2. The Balaban J connectivity index is 0.00000441. The number of nitrogens with one attached hydrogen (secondary N) is 1. The molecule has 5 heteroatoms. The van der Waals surface area contributed by atoms with Crippen molar-refractivity contribution < 1.29 is 9.53 Å². The summed E-state index contributed by atoms with van der Waals surface area (Å²) in [7, 11) is 0. The lowest BCUT2D eigenvalue weighted by Gasteiger charge is -2.33. The molecule has 130 valence electrons. The number of piperidine rings is 1. The maximum absolute atomic E-state index is 12.0. The van der Waals surface area contributed by atoms with Crippen LogP contribution in [0.1, 0.15) is 52.9 Å². The van der Waals surface area contributed by atoms with Crippen LogP contribution in [0, 0.1) is 5.92 Å². The summed E-state index contributed by atoms with van der Waals surface area (Å²) in [5, 5.41) is 3.33. The van der Waals surface area contributed by atoms with Crippen LogP contribution in [0.25, 0.3) is 0 Å². The minimum atomic E-state index is -0.396. The van der Waals surface area contributed by atoms with Crippen LogP contribution >= 0.6 is 12.4 Å². The summed E-state index contributed by atoms with van der Waals surface area (Å²) in [6.07, 6.45) is 7.72. The Morgan fingerprint density at radius 3 is 2.50 bits per heavy atom. The second-order valence-corrected chi connectivity index (χ2v) is 6.90. The molecule has 0 bridgehead atoms. The molecule has 1 aliphatic rings. The van der Waals surface area contributed by atoms with Crippen molar-refractivity contribution in [2.75, 3.05) is 26.2 Å². The Kier molecular flexibility index (Phi) is 10.5. The number of hydrogen-bond donors (Lipinski definition) is 1. The number of carbonyl (C=O) groups is 1. The van der Waals surface area contributed by atoms with Crippen molar-refractivity contribution in [1.29, 1.82) is 0 Å². The van der Waals surface area contributed by atoms with Crippen molar-refractivity contribution in [2.24, 2.45) is 5.92 Å². The van der Waals surface area contributed by atoms with E-state index in [1.54, 1.807) is 0 Å². The highest BCUT2D eigenvalue weighted by Gasteiger charge is 2.26. The van der Waals surface area contributed by atoms with E-state index in [1.807, 2.05) is 31.7 Å². The fourth-order valence-corrected chi connectivity index (χ4v) is 2.62. The van der Waals surface area contributed by atoms with Gasteiger partial charge in [0.2, 0.25) is 0 Å². The van der Waals surface area contributed by atoms with Crippen molar-refractivity contribution in [3.05, 3.63) is 12.7 Å². The molecule has 4 nitrogen and oxygen atoms in total. The van der Waals surface area contributed by atoms with Gasteiger partial charge in [0.15, 0.2) is 0 Å². The second kappa shape index (κ2) is 10.9. The van der Waals surface area contributed by atoms with E-state index in [1.165, 1.54) is 19.3 Å². The fourth-order valence-electron chi connectivity index (χ4n) is 2.62. The van der Waals surface area contributed by atoms with E-state index in [2.05, 4.69) is 11.9 Å². The van der Waals surface area contributed by atoms with Gasteiger partial charge in [-0.1, -0.05) is 18.9 Å². The first kappa shape index (κ1) is 21.3. The summed E-state index contributed by atoms with van der Waals surface area (Å²) in [5.41, 5.74) is -0.396. The molecular formula is C17H33ClN2O2. The molecule has 1 amide bonds. The molecule has 1 saturated heterocycles. The quantitative estimate of drug-likeness (QED) is 0.566. The highest BCUT2D eigenvalue weighted by molar-refractivity contribution is 5.85. The van der Waals surface area contributed by atoms with Crippen LogP contribution in [0.2, 0.25) is 0 Å². The lowest BCUT2D eigenvalue weighted by atomic mass is 9.92. The molecule has 1 aliphatic heterocycles. The van der Waals surface area contributed by atoms with Gasteiger partial charge in [0.05, 0.1) is 0 Å². The van der Waals surface area contributed by atoms with E-state index in [4.69, 9.17) is 4.74 Å². The first-order chi connectivity index (χ1) is 9.92. The Hall–Kier alpha value is -0.740. The number of halogens is 1. The van der Waals surface area contributed by atoms with Crippen molar-refractivity contribution >= 4 is 18.5 Å². The van der Waals surface area contributed by atoms with Gasteiger partial charge in [-0.2, -0.15) is 0 Å². The van der Waals surface area contributed by atoms with Gasteiger partial charge < -0.3 is 15.0 Å². The van der Waals surface area contributed by atoms with E-state index in [-0.39, 0.29) is 18.5 Å². The third-order valence-corrected chi connectivity index (χ3v) is 3.77. The number of nitrogens with zero attached hydrogens (tertiary/aromatic N) is 1. The van der Waals surface area contributed by atoms with Gasteiger partial charge >= 0.3 is 6.09 Å². The van der Waals surface area contributed by atoms with Crippen LogP contribution < -0.4 is 5.32 Å². The van der Waals surface area contributed by atoms with Crippen molar-refractivity contribution in [1.82, 2.24) is 10.2 Å². The van der Waals surface area contributed by atoms with Crippen molar-refractivity contribution in [2.45, 2.75) is 58.5 Å². The van der Waals surface area contributed by atoms with Gasteiger partial charge in [0.25, 0.3) is 0 Å². The van der Waals surface area contributed by atoms with Gasteiger partial charge in [-0.15, -0.1) is 19.0 Å². The lowest BCUT2D eigenvalue weighted by Crippen LogP contribution is -2.41. The zero-order valence-electron chi connectivity index (χ0n) is 14.4. The smallest absolute Gasteiger partial charge is 0.410 e. The van der Waals surface area contributed by atoms with Crippen LogP contribution in [0.5, 0.6) is 0 Å². The molecule has 1 rings (SSSR count). The average molecular weight is 333 g/mol. The van der Waals surface area contributed by atoms with Gasteiger partial charge in [0.1, 0.15) is 5.60 Å². The van der Waals surface area contributed by atoms with Crippen LogP contribution in [0.3, 0.4) is 0 Å². The van der Waals surface area contributed by atoms with Gasteiger partial charge in [-0.3, -0.25) is 0 Å². The number of amides is 1. The van der Waals surface area contributed by atoms with Gasteiger partial charge in [-0.25, -0.2) is 4.79 Å². The lowest BCUT2D eigenvalue weighted by molar-refractivity contribution is 0.0180. The van der Waals surface area contributed by atoms with Crippen LogP contribution in [-0.2, 0) is 4.74 Å². The minimum absolute atomic E-state index is 0. The van der Waals surface area contributed by atoms with Crippen LogP contribution in [0.15, 0.2) is 12.7 Å². The van der Waals surface area contributed by atoms with Gasteiger partial charge in [-0.05, 0) is 52.5 Å². The molecule has 0 spiro atoms. The SMILES string of the molecule is C=CCNCCCCC1CCN(C(=O)OC(C)(C)C)CC1.Cl. The third-order valence-electron chi connectivity index (χ3n) is 3.77. The van der Waals surface area contributed by atoms with Crippen molar-refractivity contribution in [3.63, 3.8) is 0 Å². The molecule has 1 N–H and O–H groups in total. The number of carbonyl (C=O) groups excluding carboxylic acids is 1. The molecular weight excluding hydrogens is 300 g/mol. The molecule has 0 unspecified atom stereocenters. The predicted octanol–water partition coefficient (Wildman–Crippen LogP) is 4.00. The van der Waals surface area contributed by atoms with E-state index < -0.39 is 5.60 Å². The highest BCUT2D eigenvalue weighted by atomic mass is 35.5. The molecule has 0 aromatic heterocycles. The summed E-state index contributed by atoms with van der Waals surface area (Å²) < 4.78 is 5.42. The highest BCUT2D eigenvalue weighted by Crippen LogP contribution is 2.23. The topological polar surface area (TPSA) is 41.6 Å². The number of unbranched alkanes of at least 4 members (excludes halogenated alkanes) is 1. The van der Waals surface area contributed by atoms with E-state index in [0.717, 1.165) is 44.9 Å². The first-order valence-corrected chi connectivity index (χ1v) is 8.22. The number of likely N-dealkylation sites (tertiary alicyclic amines) is 1. The number of rotatable bonds is 7. The Morgan fingerprint density at radius 2 is 1.95 bits per heavy atom. The summed E-state index contributed by atoms with van der Waals surface area (Å²) in [6.45, 7) is 13.1. The Morgan fingerprint density at radius 1 is 1.32 bits per heavy atom. The number of ether oxygens (including phenoxy) is 1. The summed E-state index contributed by atoms with van der Waals surface area (Å²) in [5.74, 6) is 0.767. The summed E-state index contributed by atoms with van der Waals surface area (Å²) in [6, 6.07) is 0. The molecule has 0 atom stereocenters. The Labute approximate surface area is 142 Å². The van der Waals surface area contributed by atoms with Crippen LogP contribution in [0.4, 0.5) is 4.79 Å². The molecule has 0 radical (unpaired) electrons. The maximum Gasteiger partial charge on any atom is 0.410 e. The molecule has 1 fully saturated rings. The van der Waals surface area contributed by atoms with Gasteiger partial charge in [0, 0.05) is 19.6 Å². The molecule has 1 heterocycles. The minimum Gasteiger partial charge on any atom is -0.444 e. The molecule has 22 heavy (non-hydrogen) atoms.